The largest absolute Gasteiger partial charge is 0.482 e. The van der Waals surface area contributed by atoms with E-state index in [0.717, 1.165) is 16.3 Å². The van der Waals surface area contributed by atoms with Gasteiger partial charge < -0.3 is 9.84 Å². The summed E-state index contributed by atoms with van der Waals surface area (Å²) in [6.07, 6.45) is 1.50. The maximum absolute atomic E-state index is 12.2. The summed E-state index contributed by atoms with van der Waals surface area (Å²) in [5, 5.41) is 14.6. The zero-order valence-corrected chi connectivity index (χ0v) is 13.8. The highest BCUT2D eigenvalue weighted by molar-refractivity contribution is 5.98. The number of rotatable bonds is 6. The number of ether oxygens (including phenoxy) is 1. The highest BCUT2D eigenvalue weighted by atomic mass is 16.5. The van der Waals surface area contributed by atoms with E-state index in [9.17, 15) is 9.59 Å². The molecule has 0 aliphatic rings. The van der Waals surface area contributed by atoms with Crippen molar-refractivity contribution in [2.24, 2.45) is 5.10 Å². The lowest BCUT2D eigenvalue weighted by atomic mass is 10.1. The molecule has 26 heavy (non-hydrogen) atoms. The number of carbonyl (C=O) groups is 2. The van der Waals surface area contributed by atoms with E-state index in [0.29, 0.717) is 11.3 Å². The van der Waals surface area contributed by atoms with Gasteiger partial charge in [0.1, 0.15) is 5.75 Å². The Hall–Kier alpha value is -3.67. The van der Waals surface area contributed by atoms with Crippen LogP contribution in [-0.4, -0.2) is 29.8 Å². The first-order valence-electron chi connectivity index (χ1n) is 7.89. The van der Waals surface area contributed by atoms with Crippen LogP contribution in [-0.2, 0) is 4.79 Å². The number of nitrogens with one attached hydrogen (secondary N) is 1. The fourth-order valence-electron chi connectivity index (χ4n) is 2.36. The fraction of sp³-hybridized carbons (Fsp3) is 0.0500. The van der Waals surface area contributed by atoms with Crippen LogP contribution in [0.4, 0.5) is 0 Å². The molecule has 0 saturated carbocycles. The van der Waals surface area contributed by atoms with E-state index in [1.165, 1.54) is 6.21 Å². The first kappa shape index (κ1) is 17.2. The molecule has 0 fully saturated rings. The maximum Gasteiger partial charge on any atom is 0.341 e. The third-order valence-electron chi connectivity index (χ3n) is 3.63. The summed E-state index contributed by atoms with van der Waals surface area (Å²) in [5.41, 5.74) is 3.76. The van der Waals surface area contributed by atoms with Crippen molar-refractivity contribution in [2.75, 3.05) is 6.61 Å². The van der Waals surface area contributed by atoms with Crippen molar-refractivity contribution >= 4 is 28.9 Å². The van der Waals surface area contributed by atoms with Gasteiger partial charge in [0.15, 0.2) is 6.61 Å². The Morgan fingerprint density at radius 2 is 1.73 bits per heavy atom. The summed E-state index contributed by atoms with van der Waals surface area (Å²) in [6, 6.07) is 20.0. The van der Waals surface area contributed by atoms with Gasteiger partial charge >= 0.3 is 5.97 Å². The van der Waals surface area contributed by atoms with Gasteiger partial charge in [-0.2, -0.15) is 5.10 Å². The Labute approximate surface area is 149 Å². The fourth-order valence-corrected chi connectivity index (χ4v) is 2.36. The smallest absolute Gasteiger partial charge is 0.341 e. The zero-order chi connectivity index (χ0) is 18.4. The van der Waals surface area contributed by atoms with E-state index in [-0.39, 0.29) is 5.91 Å². The van der Waals surface area contributed by atoms with Crippen LogP contribution in [0.15, 0.2) is 71.8 Å². The molecular weight excluding hydrogens is 332 g/mol. The molecule has 6 nitrogen and oxygen atoms in total. The standard InChI is InChI=1S/C20H16N2O4/c23-19(24)13-26-18-9-5-14(6-10-18)12-21-22-20(25)17-8-7-15-3-1-2-4-16(15)11-17/h1-12H,13H2,(H,22,25)(H,23,24). The van der Waals surface area contributed by atoms with Crippen molar-refractivity contribution in [1.29, 1.82) is 0 Å². The molecule has 0 aliphatic heterocycles. The van der Waals surface area contributed by atoms with Gasteiger partial charge in [0, 0.05) is 5.56 Å². The van der Waals surface area contributed by atoms with Crippen molar-refractivity contribution in [3.05, 3.63) is 77.9 Å². The summed E-state index contributed by atoms with van der Waals surface area (Å²) < 4.78 is 5.04. The van der Waals surface area contributed by atoms with Crippen LogP contribution in [0.3, 0.4) is 0 Å². The molecule has 0 bridgehead atoms. The molecule has 2 N–H and O–H groups in total. The minimum atomic E-state index is -1.04. The molecule has 0 radical (unpaired) electrons. The van der Waals surface area contributed by atoms with Gasteiger partial charge in [-0.15, -0.1) is 0 Å². The maximum atomic E-state index is 12.2. The Morgan fingerprint density at radius 3 is 2.46 bits per heavy atom. The normalized spacial score (nSPS) is 10.8. The van der Waals surface area contributed by atoms with Gasteiger partial charge in [-0.25, -0.2) is 10.2 Å². The Kier molecular flexibility index (Phi) is 5.24. The number of fused-ring (bicyclic) bond motifs is 1. The van der Waals surface area contributed by atoms with E-state index < -0.39 is 12.6 Å². The third-order valence-corrected chi connectivity index (χ3v) is 3.63. The second-order valence-corrected chi connectivity index (χ2v) is 5.51. The van der Waals surface area contributed by atoms with Crippen molar-refractivity contribution in [3.63, 3.8) is 0 Å². The van der Waals surface area contributed by atoms with Crippen molar-refractivity contribution in [1.82, 2.24) is 5.43 Å². The van der Waals surface area contributed by atoms with Crippen LogP contribution >= 0.6 is 0 Å². The molecule has 3 aromatic rings. The monoisotopic (exact) mass is 348 g/mol. The molecule has 3 rings (SSSR count). The number of hydrogen-bond donors (Lipinski definition) is 2. The van der Waals surface area contributed by atoms with E-state index in [2.05, 4.69) is 10.5 Å². The predicted octanol–water partition coefficient (Wildman–Crippen LogP) is 3.07. The lowest BCUT2D eigenvalue weighted by molar-refractivity contribution is -0.139. The number of carboxylic acid groups (broad SMARTS) is 1. The van der Waals surface area contributed by atoms with Gasteiger partial charge in [0.05, 0.1) is 6.21 Å². The van der Waals surface area contributed by atoms with Gasteiger partial charge in [-0.05, 0) is 52.7 Å². The first-order valence-corrected chi connectivity index (χ1v) is 7.89. The lowest BCUT2D eigenvalue weighted by Crippen LogP contribution is -2.17. The summed E-state index contributed by atoms with van der Waals surface area (Å²) in [7, 11) is 0. The summed E-state index contributed by atoms with van der Waals surface area (Å²) in [6.45, 7) is -0.394. The minimum absolute atomic E-state index is 0.298. The number of carboxylic acids is 1. The molecule has 3 aromatic carbocycles. The van der Waals surface area contributed by atoms with Crippen LogP contribution in [0.1, 0.15) is 15.9 Å². The van der Waals surface area contributed by atoms with Gasteiger partial charge in [-0.1, -0.05) is 30.3 Å². The lowest BCUT2D eigenvalue weighted by Gasteiger charge is -2.03. The van der Waals surface area contributed by atoms with E-state index in [1.807, 2.05) is 36.4 Å². The van der Waals surface area contributed by atoms with E-state index in [1.54, 1.807) is 30.3 Å². The second-order valence-electron chi connectivity index (χ2n) is 5.51. The van der Waals surface area contributed by atoms with Crippen LogP contribution in [0.2, 0.25) is 0 Å². The van der Waals surface area contributed by atoms with Gasteiger partial charge in [-0.3, -0.25) is 4.79 Å². The molecule has 0 atom stereocenters. The van der Waals surface area contributed by atoms with E-state index >= 15 is 0 Å². The number of amides is 1. The third kappa shape index (κ3) is 4.45. The molecule has 0 heterocycles. The van der Waals surface area contributed by atoms with Crippen molar-refractivity contribution in [3.8, 4) is 5.75 Å². The molecule has 0 unspecified atom stereocenters. The number of hydrazone groups is 1. The van der Waals surface area contributed by atoms with Crippen LogP contribution in [0, 0.1) is 0 Å². The van der Waals surface area contributed by atoms with Crippen LogP contribution in [0.25, 0.3) is 10.8 Å². The zero-order valence-electron chi connectivity index (χ0n) is 13.8. The second kappa shape index (κ2) is 7.94. The summed E-state index contributed by atoms with van der Waals surface area (Å²) in [5.74, 6) is -0.884. The number of hydrogen-bond acceptors (Lipinski definition) is 4. The highest BCUT2D eigenvalue weighted by Crippen LogP contribution is 2.15. The summed E-state index contributed by atoms with van der Waals surface area (Å²) in [4.78, 5) is 22.6. The molecule has 0 spiro atoms. The minimum Gasteiger partial charge on any atom is -0.482 e. The van der Waals surface area contributed by atoms with Gasteiger partial charge in [0.2, 0.25) is 0 Å². The molecule has 130 valence electrons. The van der Waals surface area contributed by atoms with Crippen LogP contribution in [0.5, 0.6) is 5.75 Å². The number of nitrogens with zero attached hydrogens (tertiary/aromatic N) is 1. The average molecular weight is 348 g/mol. The topological polar surface area (TPSA) is 88.0 Å². The molecule has 0 aliphatic carbocycles. The highest BCUT2D eigenvalue weighted by Gasteiger charge is 2.05. The molecule has 0 saturated heterocycles. The predicted molar refractivity (Wildman–Crippen MR) is 98.6 cm³/mol. The average Bonchev–Trinajstić information content (AvgIpc) is 2.67. The Bertz CT molecular complexity index is 965. The van der Waals surface area contributed by atoms with Crippen LogP contribution < -0.4 is 10.2 Å². The number of aliphatic carboxylic acids is 1. The van der Waals surface area contributed by atoms with Crippen molar-refractivity contribution < 1.29 is 19.4 Å². The number of benzene rings is 3. The first-order chi connectivity index (χ1) is 12.6. The molecule has 6 heteroatoms. The molecule has 1 amide bonds. The van der Waals surface area contributed by atoms with Crippen molar-refractivity contribution in [2.45, 2.75) is 0 Å². The Balaban J connectivity index is 1.60. The molecule has 0 aromatic heterocycles. The Morgan fingerprint density at radius 1 is 1.00 bits per heavy atom. The SMILES string of the molecule is O=C(O)COc1ccc(C=NNC(=O)c2ccc3ccccc3c2)cc1. The number of carbonyl (C=O) groups excluding carboxylic acids is 1. The quantitative estimate of drug-likeness (QED) is 0.529. The van der Waals surface area contributed by atoms with E-state index in [4.69, 9.17) is 9.84 Å². The summed E-state index contributed by atoms with van der Waals surface area (Å²) >= 11 is 0. The van der Waals surface area contributed by atoms with Gasteiger partial charge in [0.25, 0.3) is 5.91 Å². The molecular formula is C20H16N2O4.